The Morgan fingerprint density at radius 2 is 1.89 bits per heavy atom. The number of nitrogens with zero attached hydrogens (tertiary/aromatic N) is 2. The molecule has 1 heterocycles. The fourth-order valence-electron chi connectivity index (χ4n) is 2.67. The molecule has 0 saturated carbocycles. The quantitative estimate of drug-likeness (QED) is 0.366. The SMILES string of the molecule is CC(=O)Nc1ccc(NC(=O)/C(C#N)=C\NCCCN2CCCC2=O)cc1. The van der Waals surface area contributed by atoms with Crippen LogP contribution in [-0.2, 0) is 14.4 Å². The van der Waals surface area contributed by atoms with Crippen LogP contribution in [0.5, 0.6) is 0 Å². The molecule has 0 unspecified atom stereocenters. The molecular weight excluding hydrogens is 346 g/mol. The minimum Gasteiger partial charge on any atom is -0.390 e. The maximum absolute atomic E-state index is 12.2. The van der Waals surface area contributed by atoms with E-state index in [1.54, 1.807) is 24.3 Å². The number of anilines is 2. The van der Waals surface area contributed by atoms with Crippen molar-refractivity contribution in [1.82, 2.24) is 10.2 Å². The molecule has 0 atom stereocenters. The molecule has 8 heteroatoms. The van der Waals surface area contributed by atoms with Crippen molar-refractivity contribution < 1.29 is 14.4 Å². The van der Waals surface area contributed by atoms with Crippen LogP contribution in [0.4, 0.5) is 11.4 Å². The van der Waals surface area contributed by atoms with Gasteiger partial charge in [0.05, 0.1) is 0 Å². The molecule has 3 N–H and O–H groups in total. The average molecular weight is 369 g/mol. The van der Waals surface area contributed by atoms with Gasteiger partial charge in [0.1, 0.15) is 11.6 Å². The summed E-state index contributed by atoms with van der Waals surface area (Å²) in [6, 6.07) is 8.45. The van der Waals surface area contributed by atoms with Crippen LogP contribution < -0.4 is 16.0 Å². The highest BCUT2D eigenvalue weighted by atomic mass is 16.2. The van der Waals surface area contributed by atoms with Gasteiger partial charge in [0.25, 0.3) is 5.91 Å². The Morgan fingerprint density at radius 3 is 2.44 bits per heavy atom. The third-order valence-corrected chi connectivity index (χ3v) is 4.00. The highest BCUT2D eigenvalue weighted by molar-refractivity contribution is 6.06. The summed E-state index contributed by atoms with van der Waals surface area (Å²) in [5, 5.41) is 17.4. The number of nitrogens with one attached hydrogen (secondary N) is 3. The van der Waals surface area contributed by atoms with Gasteiger partial charge in [-0.15, -0.1) is 0 Å². The topological polar surface area (TPSA) is 114 Å². The lowest BCUT2D eigenvalue weighted by molar-refractivity contribution is -0.127. The Hall–Kier alpha value is -3.34. The second kappa shape index (κ2) is 9.97. The molecule has 1 fully saturated rings. The number of hydrogen-bond donors (Lipinski definition) is 3. The van der Waals surface area contributed by atoms with Crippen LogP contribution in [0.2, 0.25) is 0 Å². The van der Waals surface area contributed by atoms with E-state index in [4.69, 9.17) is 5.26 Å². The highest BCUT2D eigenvalue weighted by Gasteiger charge is 2.18. The number of likely N-dealkylation sites (tertiary alicyclic amines) is 1. The largest absolute Gasteiger partial charge is 0.390 e. The highest BCUT2D eigenvalue weighted by Crippen LogP contribution is 2.14. The van der Waals surface area contributed by atoms with Crippen LogP contribution in [0, 0.1) is 11.3 Å². The third-order valence-electron chi connectivity index (χ3n) is 4.00. The van der Waals surface area contributed by atoms with Crippen molar-refractivity contribution in [3.05, 3.63) is 36.0 Å². The molecule has 0 bridgehead atoms. The molecule has 0 radical (unpaired) electrons. The minimum absolute atomic E-state index is 0.0433. The van der Waals surface area contributed by atoms with E-state index in [2.05, 4.69) is 16.0 Å². The second-order valence-corrected chi connectivity index (χ2v) is 6.17. The van der Waals surface area contributed by atoms with E-state index in [0.717, 1.165) is 19.4 Å². The van der Waals surface area contributed by atoms with Gasteiger partial charge in [-0.2, -0.15) is 5.26 Å². The molecule has 3 amide bonds. The summed E-state index contributed by atoms with van der Waals surface area (Å²) in [7, 11) is 0. The zero-order valence-electron chi connectivity index (χ0n) is 15.2. The second-order valence-electron chi connectivity index (χ2n) is 6.17. The first-order valence-corrected chi connectivity index (χ1v) is 8.80. The molecule has 2 rings (SSSR count). The van der Waals surface area contributed by atoms with E-state index in [1.807, 2.05) is 11.0 Å². The molecule has 1 aromatic rings. The van der Waals surface area contributed by atoms with Crippen LogP contribution in [0.25, 0.3) is 0 Å². The zero-order chi connectivity index (χ0) is 19.6. The molecule has 0 aromatic heterocycles. The number of benzene rings is 1. The first-order chi connectivity index (χ1) is 13.0. The van der Waals surface area contributed by atoms with Crippen molar-refractivity contribution in [3.8, 4) is 6.07 Å². The lowest BCUT2D eigenvalue weighted by Gasteiger charge is -2.14. The van der Waals surface area contributed by atoms with Crippen molar-refractivity contribution in [2.24, 2.45) is 0 Å². The van der Waals surface area contributed by atoms with Crippen molar-refractivity contribution in [2.75, 3.05) is 30.3 Å². The Balaban J connectivity index is 1.78. The number of nitriles is 1. The van der Waals surface area contributed by atoms with Gasteiger partial charge < -0.3 is 20.9 Å². The molecule has 1 saturated heterocycles. The van der Waals surface area contributed by atoms with E-state index in [-0.39, 0.29) is 17.4 Å². The van der Waals surface area contributed by atoms with Gasteiger partial charge in [0, 0.05) is 50.6 Å². The van der Waals surface area contributed by atoms with Gasteiger partial charge in [0.2, 0.25) is 11.8 Å². The third kappa shape index (κ3) is 6.47. The molecule has 8 nitrogen and oxygen atoms in total. The first kappa shape index (κ1) is 20.0. The van der Waals surface area contributed by atoms with Gasteiger partial charge in [0.15, 0.2) is 0 Å². The number of carbonyl (C=O) groups excluding carboxylic acids is 3. The van der Waals surface area contributed by atoms with Crippen LogP contribution in [0.15, 0.2) is 36.0 Å². The molecule has 1 aliphatic rings. The van der Waals surface area contributed by atoms with Gasteiger partial charge in [-0.05, 0) is 37.1 Å². The normalized spacial score (nSPS) is 13.9. The number of amides is 3. The van der Waals surface area contributed by atoms with Gasteiger partial charge in [-0.25, -0.2) is 0 Å². The Morgan fingerprint density at radius 1 is 1.22 bits per heavy atom. The van der Waals surface area contributed by atoms with Crippen molar-refractivity contribution in [1.29, 1.82) is 5.26 Å². The van der Waals surface area contributed by atoms with Crippen LogP contribution in [0.3, 0.4) is 0 Å². The van der Waals surface area contributed by atoms with Gasteiger partial charge in [-0.1, -0.05) is 0 Å². The Labute approximate surface area is 158 Å². The fraction of sp³-hybridized carbons (Fsp3) is 0.368. The lowest BCUT2D eigenvalue weighted by atomic mass is 10.2. The van der Waals surface area contributed by atoms with E-state index < -0.39 is 5.91 Å². The van der Waals surface area contributed by atoms with E-state index in [1.165, 1.54) is 13.1 Å². The van der Waals surface area contributed by atoms with Crippen LogP contribution >= 0.6 is 0 Å². The monoisotopic (exact) mass is 369 g/mol. The van der Waals surface area contributed by atoms with E-state index in [9.17, 15) is 14.4 Å². The van der Waals surface area contributed by atoms with Gasteiger partial charge >= 0.3 is 0 Å². The summed E-state index contributed by atoms with van der Waals surface area (Å²) in [6.45, 7) is 3.46. The summed E-state index contributed by atoms with van der Waals surface area (Å²) in [5.74, 6) is -0.513. The van der Waals surface area contributed by atoms with Crippen molar-refractivity contribution >= 4 is 29.1 Å². The molecular formula is C19H23N5O3. The summed E-state index contributed by atoms with van der Waals surface area (Å²) in [6.07, 6.45) is 3.66. The molecule has 1 aromatic carbocycles. The molecule has 1 aliphatic heterocycles. The lowest BCUT2D eigenvalue weighted by Crippen LogP contribution is -2.27. The maximum Gasteiger partial charge on any atom is 0.267 e. The smallest absolute Gasteiger partial charge is 0.267 e. The summed E-state index contributed by atoms with van der Waals surface area (Å²) in [4.78, 5) is 36.5. The number of carbonyl (C=O) groups is 3. The fourth-order valence-corrected chi connectivity index (χ4v) is 2.67. The van der Waals surface area contributed by atoms with E-state index in [0.29, 0.717) is 30.9 Å². The van der Waals surface area contributed by atoms with Crippen molar-refractivity contribution in [3.63, 3.8) is 0 Å². The maximum atomic E-state index is 12.2. The first-order valence-electron chi connectivity index (χ1n) is 8.80. The van der Waals surface area contributed by atoms with Crippen molar-refractivity contribution in [2.45, 2.75) is 26.2 Å². The zero-order valence-corrected chi connectivity index (χ0v) is 15.2. The van der Waals surface area contributed by atoms with E-state index >= 15 is 0 Å². The predicted molar refractivity (Wildman–Crippen MR) is 102 cm³/mol. The van der Waals surface area contributed by atoms with Crippen LogP contribution in [-0.4, -0.2) is 42.3 Å². The Kier molecular flexibility index (Phi) is 7.37. The number of hydrogen-bond acceptors (Lipinski definition) is 5. The van der Waals surface area contributed by atoms with Gasteiger partial charge in [-0.3, -0.25) is 14.4 Å². The molecule has 0 aliphatic carbocycles. The summed E-state index contributed by atoms with van der Waals surface area (Å²) in [5.41, 5.74) is 1.09. The molecule has 142 valence electrons. The van der Waals surface area contributed by atoms with Crippen LogP contribution in [0.1, 0.15) is 26.2 Å². The summed E-state index contributed by atoms with van der Waals surface area (Å²) >= 11 is 0. The molecule has 27 heavy (non-hydrogen) atoms. The predicted octanol–water partition coefficient (Wildman–Crippen LogP) is 1.59. The average Bonchev–Trinajstić information content (AvgIpc) is 3.04. The molecule has 0 spiro atoms. The standard InChI is InChI=1S/C19H23N5O3/c1-14(25)22-16-5-7-17(8-6-16)23-19(27)15(12-20)13-21-9-3-11-24-10-2-4-18(24)26/h5-8,13,21H,2-4,9-11H2,1H3,(H,22,25)(H,23,27)/b15-13-. The summed E-state index contributed by atoms with van der Waals surface area (Å²) < 4.78 is 0. The minimum atomic E-state index is -0.521. The Bertz CT molecular complexity index is 765. The number of rotatable bonds is 8.